The van der Waals surface area contributed by atoms with Gasteiger partial charge in [-0.1, -0.05) is 11.6 Å². The fourth-order valence-corrected chi connectivity index (χ4v) is 3.67. The Morgan fingerprint density at radius 2 is 1.56 bits per heavy atom. The molecule has 2 aromatic carbocycles. The van der Waals surface area contributed by atoms with Crippen molar-refractivity contribution in [2.75, 3.05) is 22.6 Å². The fourth-order valence-electron chi connectivity index (χ4n) is 3.55. The Kier molecular flexibility index (Phi) is 6.95. The molecule has 9 heteroatoms. The number of carbonyl (C=O) groups is 4. The van der Waals surface area contributed by atoms with Gasteiger partial charge in [-0.15, -0.1) is 0 Å². The first-order valence-corrected chi connectivity index (χ1v) is 10.1. The summed E-state index contributed by atoms with van der Waals surface area (Å²) >= 11 is 5.94. The van der Waals surface area contributed by atoms with Gasteiger partial charge in [-0.2, -0.15) is 0 Å². The highest BCUT2D eigenvalue weighted by atomic mass is 35.5. The molecule has 2 aromatic rings. The van der Waals surface area contributed by atoms with Crippen LogP contribution in [0.15, 0.2) is 59.8 Å². The van der Waals surface area contributed by atoms with Crippen LogP contribution >= 0.6 is 11.6 Å². The van der Waals surface area contributed by atoms with Gasteiger partial charge in [-0.3, -0.25) is 19.3 Å². The second kappa shape index (κ2) is 9.65. The standard InChI is InChI=1S/C23H22ClN3O5/c1-13-21(23(31)32-3)19(12-20(29)27(13)18-10-4-15(24)5-11-18)22(30)26-17-8-6-16(7-9-17)25-14(2)28/h4-11,19H,12H2,1-3H3,(H,25,28)(H,26,30)/t19-/m0/s1. The van der Waals surface area contributed by atoms with E-state index in [0.717, 1.165) is 0 Å². The zero-order valence-corrected chi connectivity index (χ0v) is 18.5. The molecular formula is C23H22ClN3O5. The Hall–Kier alpha value is -3.65. The van der Waals surface area contributed by atoms with Crippen LogP contribution < -0.4 is 15.5 Å². The summed E-state index contributed by atoms with van der Waals surface area (Å²) in [5, 5.41) is 5.87. The molecule has 0 saturated heterocycles. The van der Waals surface area contributed by atoms with Gasteiger partial charge in [0.25, 0.3) is 0 Å². The Bertz CT molecular complexity index is 1090. The van der Waals surface area contributed by atoms with E-state index in [2.05, 4.69) is 10.6 Å². The fraction of sp³-hybridized carbons (Fsp3) is 0.217. The predicted octanol–water partition coefficient (Wildman–Crippen LogP) is 3.74. The van der Waals surface area contributed by atoms with E-state index in [1.165, 1.54) is 18.9 Å². The van der Waals surface area contributed by atoms with Crippen LogP contribution in [0.25, 0.3) is 0 Å². The van der Waals surface area contributed by atoms with Gasteiger partial charge in [0.2, 0.25) is 17.7 Å². The number of methoxy groups -OCH3 is 1. The third kappa shape index (κ3) is 4.97. The largest absolute Gasteiger partial charge is 0.466 e. The monoisotopic (exact) mass is 455 g/mol. The van der Waals surface area contributed by atoms with Gasteiger partial charge < -0.3 is 15.4 Å². The molecule has 0 unspecified atom stereocenters. The van der Waals surface area contributed by atoms with Crippen molar-refractivity contribution >= 4 is 52.4 Å². The predicted molar refractivity (Wildman–Crippen MR) is 121 cm³/mol. The minimum absolute atomic E-state index is 0.106. The van der Waals surface area contributed by atoms with E-state index in [-0.39, 0.29) is 23.8 Å². The van der Waals surface area contributed by atoms with Crippen LogP contribution in [0.5, 0.6) is 0 Å². The molecular weight excluding hydrogens is 434 g/mol. The molecule has 0 bridgehead atoms. The van der Waals surface area contributed by atoms with E-state index in [1.54, 1.807) is 55.5 Å². The topological polar surface area (TPSA) is 105 Å². The molecule has 3 amide bonds. The van der Waals surface area contributed by atoms with Crippen molar-refractivity contribution in [1.82, 2.24) is 0 Å². The molecule has 32 heavy (non-hydrogen) atoms. The first-order chi connectivity index (χ1) is 15.2. The molecule has 1 aliphatic heterocycles. The Morgan fingerprint density at radius 3 is 2.09 bits per heavy atom. The lowest BCUT2D eigenvalue weighted by atomic mass is 9.88. The molecule has 1 aliphatic rings. The highest BCUT2D eigenvalue weighted by Gasteiger charge is 2.40. The second-order valence-electron chi connectivity index (χ2n) is 7.20. The lowest BCUT2D eigenvalue weighted by Gasteiger charge is -2.33. The minimum atomic E-state index is -1.02. The van der Waals surface area contributed by atoms with Gasteiger partial charge in [0, 0.05) is 41.1 Å². The average Bonchev–Trinajstić information content (AvgIpc) is 2.75. The summed E-state index contributed by atoms with van der Waals surface area (Å²) in [6.45, 7) is 2.99. The molecule has 3 rings (SSSR count). The highest BCUT2D eigenvalue weighted by Crippen LogP contribution is 2.34. The first kappa shape index (κ1) is 23.0. The zero-order chi connectivity index (χ0) is 23.4. The number of carbonyl (C=O) groups excluding carboxylic acids is 4. The van der Waals surface area contributed by atoms with E-state index in [0.29, 0.717) is 27.8 Å². The van der Waals surface area contributed by atoms with Crippen LogP contribution in [-0.2, 0) is 23.9 Å². The molecule has 0 radical (unpaired) electrons. The molecule has 2 N–H and O–H groups in total. The quantitative estimate of drug-likeness (QED) is 0.668. The summed E-state index contributed by atoms with van der Waals surface area (Å²) in [6.07, 6.45) is -0.208. The SMILES string of the molecule is COC(=O)C1=C(C)N(c2ccc(Cl)cc2)C(=O)C[C@@H]1C(=O)Nc1ccc(NC(C)=O)cc1. The number of esters is 1. The van der Waals surface area contributed by atoms with Crippen LogP contribution in [0, 0.1) is 5.92 Å². The maximum absolute atomic E-state index is 13.0. The van der Waals surface area contributed by atoms with E-state index < -0.39 is 17.8 Å². The highest BCUT2D eigenvalue weighted by molar-refractivity contribution is 6.30. The van der Waals surface area contributed by atoms with Gasteiger partial charge in [0.05, 0.1) is 18.6 Å². The summed E-state index contributed by atoms with van der Waals surface area (Å²) < 4.78 is 4.91. The maximum atomic E-state index is 13.0. The summed E-state index contributed by atoms with van der Waals surface area (Å²) in [5.74, 6) is -2.76. The van der Waals surface area contributed by atoms with E-state index >= 15 is 0 Å². The van der Waals surface area contributed by atoms with Crippen LogP contribution in [-0.4, -0.2) is 30.8 Å². The molecule has 1 heterocycles. The van der Waals surface area contributed by atoms with Gasteiger partial charge in [0.15, 0.2) is 0 Å². The van der Waals surface area contributed by atoms with Crippen molar-refractivity contribution in [1.29, 1.82) is 0 Å². The summed E-state index contributed by atoms with van der Waals surface area (Å²) in [5.41, 5.74) is 1.99. The van der Waals surface area contributed by atoms with Gasteiger partial charge >= 0.3 is 5.97 Å². The second-order valence-corrected chi connectivity index (χ2v) is 7.64. The van der Waals surface area contributed by atoms with Crippen molar-refractivity contribution in [3.8, 4) is 0 Å². The molecule has 166 valence electrons. The van der Waals surface area contributed by atoms with Crippen LogP contribution in [0.2, 0.25) is 5.02 Å². The minimum Gasteiger partial charge on any atom is -0.466 e. The lowest BCUT2D eigenvalue weighted by Crippen LogP contribution is -2.43. The van der Waals surface area contributed by atoms with Gasteiger partial charge in [-0.05, 0) is 55.5 Å². The Morgan fingerprint density at radius 1 is 1.00 bits per heavy atom. The van der Waals surface area contributed by atoms with Crippen molar-refractivity contribution in [2.24, 2.45) is 5.92 Å². The van der Waals surface area contributed by atoms with Crippen molar-refractivity contribution in [3.63, 3.8) is 0 Å². The van der Waals surface area contributed by atoms with Gasteiger partial charge in [-0.25, -0.2) is 4.79 Å². The molecule has 0 aliphatic carbocycles. The van der Waals surface area contributed by atoms with E-state index in [9.17, 15) is 19.2 Å². The number of amides is 3. The molecule has 1 atom stereocenters. The number of halogens is 1. The van der Waals surface area contributed by atoms with E-state index in [4.69, 9.17) is 16.3 Å². The number of nitrogens with one attached hydrogen (secondary N) is 2. The molecule has 0 aromatic heterocycles. The van der Waals surface area contributed by atoms with Gasteiger partial charge in [0.1, 0.15) is 0 Å². The van der Waals surface area contributed by atoms with Crippen molar-refractivity contribution in [2.45, 2.75) is 20.3 Å². The Labute approximate surface area is 190 Å². The zero-order valence-electron chi connectivity index (χ0n) is 17.8. The average molecular weight is 456 g/mol. The third-order valence-corrected chi connectivity index (χ3v) is 5.23. The normalized spacial score (nSPS) is 15.9. The number of hydrogen-bond donors (Lipinski definition) is 2. The molecule has 8 nitrogen and oxygen atoms in total. The van der Waals surface area contributed by atoms with Crippen molar-refractivity contribution < 1.29 is 23.9 Å². The Balaban J connectivity index is 1.90. The molecule has 0 spiro atoms. The van der Waals surface area contributed by atoms with Crippen LogP contribution in [0.1, 0.15) is 20.3 Å². The van der Waals surface area contributed by atoms with Crippen LogP contribution in [0.4, 0.5) is 17.1 Å². The number of benzene rings is 2. The number of anilines is 3. The first-order valence-electron chi connectivity index (χ1n) is 9.77. The lowest BCUT2D eigenvalue weighted by molar-refractivity contribution is -0.138. The number of nitrogens with zero attached hydrogens (tertiary/aromatic N) is 1. The summed E-state index contributed by atoms with van der Waals surface area (Å²) in [6, 6.07) is 13.1. The van der Waals surface area contributed by atoms with Crippen LogP contribution in [0.3, 0.4) is 0 Å². The van der Waals surface area contributed by atoms with Crippen molar-refractivity contribution in [3.05, 3.63) is 64.8 Å². The third-order valence-electron chi connectivity index (χ3n) is 4.98. The smallest absolute Gasteiger partial charge is 0.336 e. The maximum Gasteiger partial charge on any atom is 0.336 e. The number of ether oxygens (including phenoxy) is 1. The summed E-state index contributed by atoms with van der Waals surface area (Å²) in [4.78, 5) is 51.1. The number of hydrogen-bond acceptors (Lipinski definition) is 5. The van der Waals surface area contributed by atoms with E-state index in [1.807, 2.05) is 0 Å². The molecule has 0 fully saturated rings. The number of allylic oxidation sites excluding steroid dienone is 1. The summed E-state index contributed by atoms with van der Waals surface area (Å²) in [7, 11) is 1.22. The molecule has 0 saturated carbocycles. The number of rotatable bonds is 5.